The predicted octanol–water partition coefficient (Wildman–Crippen LogP) is 3.13. The molecule has 3 aromatic rings. The summed E-state index contributed by atoms with van der Waals surface area (Å²) in [5.41, 5.74) is 2.16. The van der Waals surface area contributed by atoms with E-state index in [0.717, 1.165) is 27.9 Å². The lowest BCUT2D eigenvalue weighted by Crippen LogP contribution is -1.92. The van der Waals surface area contributed by atoms with E-state index in [1.165, 1.54) is 12.8 Å². The van der Waals surface area contributed by atoms with Gasteiger partial charge in [0.15, 0.2) is 11.0 Å². The lowest BCUT2D eigenvalue weighted by molar-refractivity contribution is 0.375. The highest BCUT2D eigenvalue weighted by Gasteiger charge is 2.29. The van der Waals surface area contributed by atoms with Gasteiger partial charge in [0.2, 0.25) is 5.89 Å². The molecule has 20 heavy (non-hydrogen) atoms. The Labute approximate surface area is 120 Å². The topological polar surface area (TPSA) is 56.7 Å². The van der Waals surface area contributed by atoms with Crippen LogP contribution in [-0.2, 0) is 12.8 Å². The number of hydrogen-bond acceptors (Lipinski definition) is 5. The van der Waals surface area contributed by atoms with Gasteiger partial charge in [0.25, 0.3) is 0 Å². The standard InChI is InChI=1S/C14H14N4OS/c1-18-11-5-3-2-4-10(11)15-14(18)20-8-12-16-13(19-17-12)9-6-7-9/h2-5,9H,6-8H2,1H3. The van der Waals surface area contributed by atoms with Gasteiger partial charge in [0.05, 0.1) is 16.8 Å². The molecular formula is C14H14N4OS. The molecule has 0 N–H and O–H groups in total. The van der Waals surface area contributed by atoms with Crippen LogP contribution < -0.4 is 0 Å². The van der Waals surface area contributed by atoms with Crippen LogP contribution >= 0.6 is 11.8 Å². The Bertz CT molecular complexity index is 759. The number of fused-ring (bicyclic) bond motifs is 1. The Morgan fingerprint density at radius 1 is 1.30 bits per heavy atom. The molecule has 1 aromatic carbocycles. The molecule has 4 rings (SSSR count). The number of aryl methyl sites for hydroxylation is 1. The number of imidazole rings is 1. The zero-order valence-electron chi connectivity index (χ0n) is 11.1. The van der Waals surface area contributed by atoms with Crippen molar-refractivity contribution in [2.24, 2.45) is 7.05 Å². The normalized spacial score (nSPS) is 15.1. The Hall–Kier alpha value is -1.82. The number of para-hydroxylation sites is 2. The van der Waals surface area contributed by atoms with Crippen LogP contribution in [0, 0.1) is 0 Å². The second-order valence-corrected chi connectivity index (χ2v) is 6.00. The third kappa shape index (κ3) is 2.10. The average molecular weight is 286 g/mol. The molecule has 0 atom stereocenters. The fourth-order valence-electron chi connectivity index (χ4n) is 2.20. The van der Waals surface area contributed by atoms with Crippen LogP contribution in [0.2, 0.25) is 0 Å². The molecular weight excluding hydrogens is 272 g/mol. The van der Waals surface area contributed by atoms with E-state index in [0.29, 0.717) is 11.7 Å². The fraction of sp³-hybridized carbons (Fsp3) is 0.357. The van der Waals surface area contributed by atoms with Gasteiger partial charge in [-0.05, 0) is 25.0 Å². The molecule has 0 bridgehead atoms. The van der Waals surface area contributed by atoms with E-state index in [-0.39, 0.29) is 0 Å². The second kappa shape index (κ2) is 4.63. The number of hydrogen-bond donors (Lipinski definition) is 0. The van der Waals surface area contributed by atoms with Gasteiger partial charge in [-0.3, -0.25) is 0 Å². The SMILES string of the molecule is Cn1c(SCc2noc(C3CC3)n2)nc2ccccc21. The van der Waals surface area contributed by atoms with Crippen molar-refractivity contribution in [2.45, 2.75) is 29.7 Å². The highest BCUT2D eigenvalue weighted by molar-refractivity contribution is 7.98. The van der Waals surface area contributed by atoms with Crippen LogP contribution in [0.25, 0.3) is 11.0 Å². The minimum Gasteiger partial charge on any atom is -0.339 e. The number of nitrogens with zero attached hydrogens (tertiary/aromatic N) is 4. The summed E-state index contributed by atoms with van der Waals surface area (Å²) in [7, 11) is 2.03. The summed E-state index contributed by atoms with van der Waals surface area (Å²) in [6.07, 6.45) is 2.36. The van der Waals surface area contributed by atoms with Gasteiger partial charge in [0.1, 0.15) is 0 Å². The summed E-state index contributed by atoms with van der Waals surface area (Å²) in [5.74, 6) is 2.75. The quantitative estimate of drug-likeness (QED) is 0.690. The molecule has 102 valence electrons. The van der Waals surface area contributed by atoms with Crippen LogP contribution in [0.1, 0.15) is 30.5 Å². The minimum atomic E-state index is 0.511. The summed E-state index contributed by atoms with van der Waals surface area (Å²) in [6.45, 7) is 0. The molecule has 1 fully saturated rings. The summed E-state index contributed by atoms with van der Waals surface area (Å²) in [6, 6.07) is 8.13. The predicted molar refractivity (Wildman–Crippen MR) is 76.5 cm³/mol. The number of benzene rings is 1. The van der Waals surface area contributed by atoms with Crippen molar-refractivity contribution in [3.8, 4) is 0 Å². The molecule has 1 aliphatic rings. The largest absolute Gasteiger partial charge is 0.339 e. The summed E-state index contributed by atoms with van der Waals surface area (Å²) in [4.78, 5) is 9.06. The van der Waals surface area contributed by atoms with Crippen molar-refractivity contribution in [1.29, 1.82) is 0 Å². The first-order chi connectivity index (χ1) is 9.81. The lowest BCUT2D eigenvalue weighted by atomic mass is 10.3. The first-order valence-corrected chi connectivity index (χ1v) is 7.66. The number of thioether (sulfide) groups is 1. The third-order valence-corrected chi connectivity index (χ3v) is 4.51. The molecule has 0 amide bonds. The third-order valence-electron chi connectivity index (χ3n) is 3.49. The molecule has 1 saturated carbocycles. The van der Waals surface area contributed by atoms with Crippen LogP contribution in [0.5, 0.6) is 0 Å². The molecule has 2 heterocycles. The molecule has 6 heteroatoms. The number of aromatic nitrogens is 4. The molecule has 2 aromatic heterocycles. The zero-order chi connectivity index (χ0) is 13.5. The van der Waals surface area contributed by atoms with E-state index in [1.54, 1.807) is 11.8 Å². The van der Waals surface area contributed by atoms with E-state index in [4.69, 9.17) is 4.52 Å². The van der Waals surface area contributed by atoms with Crippen molar-refractivity contribution in [2.75, 3.05) is 0 Å². The molecule has 5 nitrogen and oxygen atoms in total. The van der Waals surface area contributed by atoms with Gasteiger partial charge < -0.3 is 9.09 Å². The molecule has 0 saturated heterocycles. The number of rotatable bonds is 4. The van der Waals surface area contributed by atoms with E-state index >= 15 is 0 Å². The Morgan fingerprint density at radius 2 is 2.15 bits per heavy atom. The maximum absolute atomic E-state index is 5.26. The Balaban J connectivity index is 1.53. The van der Waals surface area contributed by atoms with Gasteiger partial charge >= 0.3 is 0 Å². The van der Waals surface area contributed by atoms with Crippen molar-refractivity contribution >= 4 is 22.8 Å². The molecule has 1 aliphatic carbocycles. The van der Waals surface area contributed by atoms with Gasteiger partial charge in [0, 0.05) is 13.0 Å². The van der Waals surface area contributed by atoms with Crippen LogP contribution in [0.3, 0.4) is 0 Å². The Kier molecular flexibility index (Phi) is 2.77. The average Bonchev–Trinajstić information content (AvgIpc) is 3.13. The highest BCUT2D eigenvalue weighted by Crippen LogP contribution is 2.39. The van der Waals surface area contributed by atoms with Gasteiger partial charge in [-0.25, -0.2) is 4.98 Å². The maximum Gasteiger partial charge on any atom is 0.229 e. The van der Waals surface area contributed by atoms with E-state index in [9.17, 15) is 0 Å². The monoisotopic (exact) mass is 286 g/mol. The van der Waals surface area contributed by atoms with Crippen LogP contribution in [-0.4, -0.2) is 19.7 Å². The van der Waals surface area contributed by atoms with E-state index in [1.807, 2.05) is 25.2 Å². The van der Waals surface area contributed by atoms with Gasteiger partial charge in [-0.2, -0.15) is 4.98 Å². The highest BCUT2D eigenvalue weighted by atomic mass is 32.2. The second-order valence-electron chi connectivity index (χ2n) is 5.05. The van der Waals surface area contributed by atoms with Crippen molar-refractivity contribution < 1.29 is 4.52 Å². The minimum absolute atomic E-state index is 0.511. The lowest BCUT2D eigenvalue weighted by Gasteiger charge is -1.99. The van der Waals surface area contributed by atoms with Gasteiger partial charge in [-0.1, -0.05) is 29.1 Å². The van der Waals surface area contributed by atoms with E-state index < -0.39 is 0 Å². The summed E-state index contributed by atoms with van der Waals surface area (Å²) >= 11 is 1.64. The first-order valence-electron chi connectivity index (χ1n) is 6.68. The smallest absolute Gasteiger partial charge is 0.229 e. The zero-order valence-corrected chi connectivity index (χ0v) is 11.9. The fourth-order valence-corrected chi connectivity index (χ4v) is 3.03. The summed E-state index contributed by atoms with van der Waals surface area (Å²) < 4.78 is 7.36. The van der Waals surface area contributed by atoms with Crippen molar-refractivity contribution in [3.05, 3.63) is 36.0 Å². The Morgan fingerprint density at radius 3 is 2.95 bits per heavy atom. The van der Waals surface area contributed by atoms with Crippen LogP contribution in [0.4, 0.5) is 0 Å². The van der Waals surface area contributed by atoms with E-state index in [2.05, 4.69) is 25.8 Å². The van der Waals surface area contributed by atoms with Crippen LogP contribution in [0.15, 0.2) is 33.9 Å². The van der Waals surface area contributed by atoms with Gasteiger partial charge in [-0.15, -0.1) is 0 Å². The maximum atomic E-state index is 5.26. The molecule has 0 unspecified atom stereocenters. The molecule has 0 spiro atoms. The molecule has 0 aliphatic heterocycles. The van der Waals surface area contributed by atoms with Crippen molar-refractivity contribution in [1.82, 2.24) is 19.7 Å². The first kappa shape index (κ1) is 12.0. The van der Waals surface area contributed by atoms with Crippen molar-refractivity contribution in [3.63, 3.8) is 0 Å². The molecule has 0 radical (unpaired) electrons. The summed E-state index contributed by atoms with van der Waals surface area (Å²) in [5, 5.41) is 5.01.